The number of halogens is 1. The molecule has 9 heteroatoms. The highest BCUT2D eigenvalue weighted by molar-refractivity contribution is 5.95. The third-order valence-electron chi connectivity index (χ3n) is 5.27. The fourth-order valence-electron chi connectivity index (χ4n) is 3.79. The van der Waals surface area contributed by atoms with Crippen LogP contribution in [0, 0.1) is 5.82 Å². The molecule has 0 aromatic carbocycles. The normalized spacial score (nSPS) is 19.9. The van der Waals surface area contributed by atoms with Gasteiger partial charge in [-0.3, -0.25) is 4.98 Å². The van der Waals surface area contributed by atoms with Gasteiger partial charge in [-0.2, -0.15) is 5.10 Å². The number of ether oxygens (including phenoxy) is 1. The molecular weight excluding hydrogens is 399 g/mol. The smallest absolute Gasteiger partial charge is 0.343 e. The first-order valence-electron chi connectivity index (χ1n) is 11.4. The molecule has 1 saturated heterocycles. The van der Waals surface area contributed by atoms with Crippen molar-refractivity contribution in [1.29, 1.82) is 0 Å². The highest BCUT2D eigenvalue weighted by atomic mass is 19.1. The van der Waals surface area contributed by atoms with E-state index < -0.39 is 24.3 Å². The maximum atomic E-state index is 14.2. The summed E-state index contributed by atoms with van der Waals surface area (Å²) >= 11 is 0. The van der Waals surface area contributed by atoms with Gasteiger partial charge in [0.15, 0.2) is 5.65 Å². The molecule has 31 heavy (non-hydrogen) atoms. The molecule has 8 nitrogen and oxygen atoms in total. The lowest BCUT2D eigenvalue weighted by Gasteiger charge is -2.27. The SMILES string of the molecule is [2H]C1([2H])CCC(c2cc(F)cnc2CC[C@@H](C)N)N1c1ccn2ncc(C(=O)OCC)c2n1. The maximum absolute atomic E-state index is 14.2. The minimum Gasteiger partial charge on any atom is -0.462 e. The molecule has 1 aliphatic heterocycles. The van der Waals surface area contributed by atoms with Gasteiger partial charge < -0.3 is 15.4 Å². The van der Waals surface area contributed by atoms with E-state index in [-0.39, 0.29) is 30.3 Å². The second kappa shape index (κ2) is 8.97. The second-order valence-corrected chi connectivity index (χ2v) is 7.62. The van der Waals surface area contributed by atoms with Crippen molar-refractivity contribution in [3.8, 4) is 0 Å². The van der Waals surface area contributed by atoms with Crippen molar-refractivity contribution in [2.24, 2.45) is 5.73 Å². The molecule has 1 unspecified atom stereocenters. The molecule has 2 N–H and O–H groups in total. The zero-order chi connectivity index (χ0) is 23.8. The number of pyridine rings is 1. The Hall–Kier alpha value is -3.07. The van der Waals surface area contributed by atoms with E-state index in [9.17, 15) is 9.18 Å². The summed E-state index contributed by atoms with van der Waals surface area (Å²) in [5.41, 5.74) is 7.69. The van der Waals surface area contributed by atoms with Crippen molar-refractivity contribution in [3.63, 3.8) is 0 Å². The summed E-state index contributed by atoms with van der Waals surface area (Å²) in [6.45, 7) is 2.09. The Balaban J connectivity index is 1.78. The predicted octanol–water partition coefficient (Wildman–Crippen LogP) is 3.06. The van der Waals surface area contributed by atoms with E-state index >= 15 is 0 Å². The van der Waals surface area contributed by atoms with Gasteiger partial charge >= 0.3 is 5.97 Å². The van der Waals surface area contributed by atoms with Gasteiger partial charge in [0.2, 0.25) is 0 Å². The van der Waals surface area contributed by atoms with Crippen LogP contribution < -0.4 is 10.6 Å². The minimum atomic E-state index is -1.73. The van der Waals surface area contributed by atoms with Crippen molar-refractivity contribution >= 4 is 17.4 Å². The highest BCUT2D eigenvalue weighted by Gasteiger charge is 2.30. The lowest BCUT2D eigenvalue weighted by atomic mass is 9.98. The lowest BCUT2D eigenvalue weighted by Crippen LogP contribution is -2.25. The maximum Gasteiger partial charge on any atom is 0.343 e. The van der Waals surface area contributed by atoms with Gasteiger partial charge in [-0.05, 0) is 57.2 Å². The average molecular weight is 429 g/mol. The van der Waals surface area contributed by atoms with Gasteiger partial charge in [0, 0.05) is 27.2 Å². The molecule has 0 aliphatic carbocycles. The summed E-state index contributed by atoms with van der Waals surface area (Å²) in [4.78, 5) is 22.7. The van der Waals surface area contributed by atoms with Crippen LogP contribution in [0.5, 0.6) is 0 Å². The van der Waals surface area contributed by atoms with Crippen molar-refractivity contribution in [2.75, 3.05) is 18.0 Å². The molecular formula is C22H27FN6O2. The average Bonchev–Trinajstić information content (AvgIpc) is 3.32. The summed E-state index contributed by atoms with van der Waals surface area (Å²) < 4.78 is 38.0. The number of carbonyl (C=O) groups excluding carboxylic acids is 1. The summed E-state index contributed by atoms with van der Waals surface area (Å²) in [6, 6.07) is 2.54. The van der Waals surface area contributed by atoms with Crippen molar-refractivity contribution in [3.05, 3.63) is 53.4 Å². The Kier molecular flexibility index (Phi) is 5.40. The fraction of sp³-hybridized carbons (Fsp3) is 0.455. The molecule has 164 valence electrons. The number of hydrogen-bond donors (Lipinski definition) is 1. The minimum absolute atomic E-state index is 0.0388. The number of rotatable bonds is 7. The molecule has 2 atom stereocenters. The molecule has 0 amide bonds. The number of nitrogens with two attached hydrogens (primary N) is 1. The van der Waals surface area contributed by atoms with Crippen LogP contribution >= 0.6 is 0 Å². The van der Waals surface area contributed by atoms with Gasteiger partial charge in [0.25, 0.3) is 0 Å². The standard InChI is InChI=1S/C22H27FN6O2/c1-3-31-22(30)17-13-26-29-10-8-20(27-21(17)29)28-9-4-5-19(28)16-11-15(23)12-25-18(16)7-6-14(2)24/h8,10-14,19H,3-7,9,24H2,1-2H3/t14-,19?/m1/s1/i9D2. The number of nitrogens with zero attached hydrogens (tertiary/aromatic N) is 5. The molecule has 1 fully saturated rings. The molecule has 0 spiro atoms. The van der Waals surface area contributed by atoms with Gasteiger partial charge in [0.05, 0.1) is 25.0 Å². The molecule has 3 aromatic heterocycles. The first-order valence-corrected chi connectivity index (χ1v) is 10.4. The monoisotopic (exact) mass is 428 g/mol. The number of aryl methyl sites for hydroxylation is 1. The van der Waals surface area contributed by atoms with Crippen LogP contribution in [0.1, 0.15) is 63.5 Å². The van der Waals surface area contributed by atoms with E-state index in [1.807, 2.05) is 6.92 Å². The topological polar surface area (TPSA) is 98.6 Å². The largest absolute Gasteiger partial charge is 0.462 e. The molecule has 4 rings (SSSR count). The first kappa shape index (κ1) is 18.7. The Bertz CT molecular complexity index is 1170. The zero-order valence-electron chi connectivity index (χ0n) is 19.6. The van der Waals surface area contributed by atoms with Crippen molar-refractivity contribution in [2.45, 2.75) is 51.6 Å². The van der Waals surface area contributed by atoms with E-state index in [1.54, 1.807) is 24.1 Å². The molecule has 0 saturated carbocycles. The third kappa shape index (κ3) is 4.36. The number of esters is 1. The van der Waals surface area contributed by atoms with Crippen LogP contribution in [-0.2, 0) is 11.2 Å². The van der Waals surface area contributed by atoms with E-state index in [0.29, 0.717) is 36.3 Å². The summed E-state index contributed by atoms with van der Waals surface area (Å²) in [5.74, 6) is -0.708. The van der Waals surface area contributed by atoms with Crippen LogP contribution in [0.25, 0.3) is 5.65 Å². The number of carbonyl (C=O) groups is 1. The Morgan fingerprint density at radius 2 is 2.32 bits per heavy atom. The summed E-state index contributed by atoms with van der Waals surface area (Å²) in [5, 5.41) is 4.14. The number of hydrogen-bond acceptors (Lipinski definition) is 7. The third-order valence-corrected chi connectivity index (χ3v) is 5.27. The lowest BCUT2D eigenvalue weighted by molar-refractivity contribution is 0.0528. The van der Waals surface area contributed by atoms with E-state index in [2.05, 4.69) is 15.1 Å². The Labute approximate surface area is 183 Å². The van der Waals surface area contributed by atoms with Crippen LogP contribution in [0.2, 0.25) is 0 Å². The fourth-order valence-corrected chi connectivity index (χ4v) is 3.79. The van der Waals surface area contributed by atoms with Crippen LogP contribution in [0.4, 0.5) is 10.2 Å². The molecule has 3 aromatic rings. The number of aromatic nitrogens is 4. The van der Waals surface area contributed by atoms with Crippen LogP contribution in [0.15, 0.2) is 30.7 Å². The van der Waals surface area contributed by atoms with E-state index in [0.717, 1.165) is 0 Å². The summed E-state index contributed by atoms with van der Waals surface area (Å²) in [6.07, 6.45) is 6.10. The molecule has 0 radical (unpaired) electrons. The van der Waals surface area contributed by atoms with Gasteiger partial charge in [-0.1, -0.05) is 0 Å². The molecule has 1 aliphatic rings. The van der Waals surface area contributed by atoms with E-state index in [4.69, 9.17) is 13.2 Å². The van der Waals surface area contributed by atoms with Crippen LogP contribution in [0.3, 0.4) is 0 Å². The quantitative estimate of drug-likeness (QED) is 0.578. The molecule has 0 bridgehead atoms. The highest BCUT2D eigenvalue weighted by Crippen LogP contribution is 2.37. The summed E-state index contributed by atoms with van der Waals surface area (Å²) in [7, 11) is 0. The molecule has 4 heterocycles. The predicted molar refractivity (Wildman–Crippen MR) is 114 cm³/mol. The Morgan fingerprint density at radius 1 is 1.48 bits per heavy atom. The van der Waals surface area contributed by atoms with Gasteiger partial charge in [0.1, 0.15) is 17.2 Å². The van der Waals surface area contributed by atoms with Gasteiger partial charge in [-0.25, -0.2) is 18.7 Å². The van der Waals surface area contributed by atoms with Gasteiger partial charge in [-0.15, -0.1) is 0 Å². The van der Waals surface area contributed by atoms with Crippen LogP contribution in [-0.4, -0.2) is 44.7 Å². The zero-order valence-corrected chi connectivity index (χ0v) is 17.6. The second-order valence-electron chi connectivity index (χ2n) is 7.62. The van der Waals surface area contributed by atoms with Crippen molar-refractivity contribution < 1.29 is 16.7 Å². The Morgan fingerprint density at radius 3 is 3.10 bits per heavy atom. The first-order chi connectivity index (χ1) is 15.7. The number of fused-ring (bicyclic) bond motifs is 1. The van der Waals surface area contributed by atoms with Crippen molar-refractivity contribution in [1.82, 2.24) is 19.6 Å². The van der Waals surface area contributed by atoms with E-state index in [1.165, 1.54) is 23.0 Å². The number of anilines is 1.